The Morgan fingerprint density at radius 3 is 0.795 bits per heavy atom. The Balaban J connectivity index is 0. The van der Waals surface area contributed by atoms with Crippen LogP contribution in [0.1, 0.15) is 150 Å². The van der Waals surface area contributed by atoms with Crippen LogP contribution in [0.4, 0.5) is 0 Å². The second kappa shape index (κ2) is 32.1. The molecule has 0 fully saturated rings. The van der Waals surface area contributed by atoms with Gasteiger partial charge >= 0.3 is 23.9 Å². The van der Waals surface area contributed by atoms with Gasteiger partial charge in [-0.3, -0.25) is 19.2 Å². The molecule has 0 spiro atoms. The molecule has 0 heterocycles. The fourth-order valence-corrected chi connectivity index (χ4v) is 3.36. The van der Waals surface area contributed by atoms with E-state index in [-0.39, 0.29) is 23.9 Å². The molecule has 0 radical (unpaired) electrons. The predicted octanol–water partition coefficient (Wildman–Crippen LogP) is 7.64. The van der Waals surface area contributed by atoms with Crippen molar-refractivity contribution < 1.29 is 38.1 Å². The van der Waals surface area contributed by atoms with Gasteiger partial charge < -0.3 is 18.9 Å². The molecular weight excluding hydrogens is 500 g/mol. The molecule has 0 aliphatic carbocycles. The lowest BCUT2D eigenvalue weighted by atomic mass is 10.2. The van der Waals surface area contributed by atoms with Crippen LogP contribution < -0.4 is 0 Å². The van der Waals surface area contributed by atoms with Gasteiger partial charge in [0.15, 0.2) is 0 Å². The first kappa shape index (κ1) is 39.0. The van der Waals surface area contributed by atoms with Crippen LogP contribution in [0.3, 0.4) is 0 Å². The minimum absolute atomic E-state index is 0.155. The van der Waals surface area contributed by atoms with Gasteiger partial charge in [-0.2, -0.15) is 0 Å². The molecule has 0 saturated carbocycles. The molecule has 0 atom stereocenters. The third-order valence-electron chi connectivity index (χ3n) is 5.82. The van der Waals surface area contributed by atoms with E-state index in [1.807, 2.05) is 0 Å². The fourth-order valence-electron chi connectivity index (χ4n) is 3.36. The third-order valence-corrected chi connectivity index (χ3v) is 5.82. The summed E-state index contributed by atoms with van der Waals surface area (Å²) in [5.74, 6) is -0.736. The summed E-state index contributed by atoms with van der Waals surface area (Å²) in [6, 6.07) is 0. The van der Waals surface area contributed by atoms with E-state index in [1.165, 1.54) is 0 Å². The van der Waals surface area contributed by atoms with Crippen molar-refractivity contribution in [3.05, 3.63) is 0 Å². The smallest absolute Gasteiger partial charge is 0.305 e. The molecule has 0 aliphatic rings. The molecule has 8 nitrogen and oxygen atoms in total. The topological polar surface area (TPSA) is 105 Å². The van der Waals surface area contributed by atoms with E-state index < -0.39 is 0 Å². The average Bonchev–Trinajstić information content (AvgIpc) is 2.92. The highest BCUT2D eigenvalue weighted by Gasteiger charge is 2.07. The van der Waals surface area contributed by atoms with Gasteiger partial charge in [-0.05, 0) is 44.9 Å². The molecule has 0 unspecified atom stereocenters. The van der Waals surface area contributed by atoms with Crippen molar-refractivity contribution in [2.24, 2.45) is 0 Å². The largest absolute Gasteiger partial charge is 0.466 e. The monoisotopic (exact) mass is 558 g/mol. The van der Waals surface area contributed by atoms with Crippen LogP contribution >= 0.6 is 0 Å². The lowest BCUT2D eigenvalue weighted by molar-refractivity contribution is -0.146. The minimum Gasteiger partial charge on any atom is -0.466 e. The lowest BCUT2D eigenvalue weighted by Gasteiger charge is -2.05. The Labute approximate surface area is 238 Å². The third kappa shape index (κ3) is 33.9. The summed E-state index contributed by atoms with van der Waals surface area (Å²) >= 11 is 0. The first-order chi connectivity index (χ1) is 18.9. The zero-order valence-corrected chi connectivity index (χ0v) is 25.5. The molecule has 0 N–H and O–H groups in total. The first-order valence-electron chi connectivity index (χ1n) is 15.5. The maximum atomic E-state index is 11.4. The number of esters is 4. The molecule has 39 heavy (non-hydrogen) atoms. The zero-order chi connectivity index (χ0) is 29.4. The van der Waals surface area contributed by atoms with E-state index in [4.69, 9.17) is 18.9 Å². The Kier molecular flexibility index (Phi) is 32.1. The summed E-state index contributed by atoms with van der Waals surface area (Å²) in [5, 5.41) is 0. The van der Waals surface area contributed by atoms with Crippen LogP contribution in [0.15, 0.2) is 0 Å². The van der Waals surface area contributed by atoms with Gasteiger partial charge in [0, 0.05) is 25.7 Å². The highest BCUT2D eigenvalue weighted by molar-refractivity contribution is 5.72. The van der Waals surface area contributed by atoms with Crippen molar-refractivity contribution in [3.63, 3.8) is 0 Å². The van der Waals surface area contributed by atoms with Crippen molar-refractivity contribution in [2.45, 2.75) is 150 Å². The summed E-state index contributed by atoms with van der Waals surface area (Å²) in [4.78, 5) is 45.3. The van der Waals surface area contributed by atoms with Crippen molar-refractivity contribution >= 4 is 23.9 Å². The van der Waals surface area contributed by atoms with Crippen LogP contribution in [0.5, 0.6) is 0 Å². The molecule has 0 aromatic rings. The molecule has 0 aromatic carbocycles. The van der Waals surface area contributed by atoms with Gasteiger partial charge in [0.1, 0.15) is 0 Å². The van der Waals surface area contributed by atoms with E-state index in [9.17, 15) is 19.2 Å². The predicted molar refractivity (Wildman–Crippen MR) is 154 cm³/mol. The Bertz CT molecular complexity index is 541. The Hall–Kier alpha value is -2.12. The summed E-state index contributed by atoms with van der Waals surface area (Å²) in [6.45, 7) is 10.5. The highest BCUT2D eigenvalue weighted by Crippen LogP contribution is 2.05. The average molecular weight is 559 g/mol. The first-order valence-corrected chi connectivity index (χ1v) is 15.5. The van der Waals surface area contributed by atoms with Crippen molar-refractivity contribution in [3.8, 4) is 0 Å². The molecule has 0 saturated heterocycles. The normalized spacial score (nSPS) is 10.3. The zero-order valence-electron chi connectivity index (χ0n) is 25.5. The SMILES string of the molecule is CCCCCOC(=O)CCCC(=O)OCCCCC.CCCCCOC(=O)CCCCC(=O)OCCCCC. The maximum absolute atomic E-state index is 11.4. The van der Waals surface area contributed by atoms with Gasteiger partial charge in [-0.25, -0.2) is 0 Å². The summed E-state index contributed by atoms with van der Waals surface area (Å²) in [6.07, 6.45) is 15.8. The Morgan fingerprint density at radius 1 is 0.333 bits per heavy atom. The summed E-state index contributed by atoms with van der Waals surface area (Å²) in [5.41, 5.74) is 0. The second-order valence-corrected chi connectivity index (χ2v) is 9.77. The number of ether oxygens (including phenoxy) is 4. The number of carbonyl (C=O) groups excluding carboxylic acids is 4. The number of carbonyl (C=O) groups is 4. The summed E-state index contributed by atoms with van der Waals surface area (Å²) < 4.78 is 20.3. The van der Waals surface area contributed by atoms with E-state index in [1.54, 1.807) is 0 Å². The quantitative estimate of drug-likeness (QED) is 0.0639. The molecule has 230 valence electrons. The molecule has 0 bridgehead atoms. The van der Waals surface area contributed by atoms with Crippen molar-refractivity contribution in [1.29, 1.82) is 0 Å². The van der Waals surface area contributed by atoms with E-state index in [2.05, 4.69) is 27.7 Å². The maximum Gasteiger partial charge on any atom is 0.305 e. The van der Waals surface area contributed by atoms with E-state index in [0.717, 1.165) is 77.0 Å². The molecular formula is C31H58O8. The van der Waals surface area contributed by atoms with Gasteiger partial charge in [-0.15, -0.1) is 0 Å². The van der Waals surface area contributed by atoms with Crippen LogP contribution in [0.25, 0.3) is 0 Å². The second-order valence-electron chi connectivity index (χ2n) is 9.77. The number of rotatable bonds is 25. The lowest BCUT2D eigenvalue weighted by Crippen LogP contribution is -2.09. The van der Waals surface area contributed by atoms with Gasteiger partial charge in [0.2, 0.25) is 0 Å². The van der Waals surface area contributed by atoms with Crippen LogP contribution in [-0.4, -0.2) is 50.3 Å². The van der Waals surface area contributed by atoms with Gasteiger partial charge in [0.05, 0.1) is 26.4 Å². The molecule has 8 heteroatoms. The Morgan fingerprint density at radius 2 is 0.564 bits per heavy atom. The van der Waals surface area contributed by atoms with Crippen LogP contribution in [0.2, 0.25) is 0 Å². The van der Waals surface area contributed by atoms with Gasteiger partial charge in [-0.1, -0.05) is 79.1 Å². The standard InChI is InChI=1S/C16H30O4.C15H28O4/c1-3-5-9-13-19-15(17)11-7-8-12-16(18)20-14-10-6-4-2;1-3-5-7-12-18-14(16)10-9-11-15(17)19-13-8-6-4-2/h3-14H2,1-2H3;3-13H2,1-2H3. The van der Waals surface area contributed by atoms with Crippen LogP contribution in [0, 0.1) is 0 Å². The number of hydrogen-bond donors (Lipinski definition) is 0. The summed E-state index contributed by atoms with van der Waals surface area (Å²) in [7, 11) is 0. The van der Waals surface area contributed by atoms with Crippen molar-refractivity contribution in [1.82, 2.24) is 0 Å². The molecule has 0 aliphatic heterocycles. The highest BCUT2D eigenvalue weighted by atomic mass is 16.5. The number of hydrogen-bond acceptors (Lipinski definition) is 8. The molecule has 0 amide bonds. The molecule has 0 aromatic heterocycles. The van der Waals surface area contributed by atoms with E-state index in [0.29, 0.717) is 71.4 Å². The molecule has 0 rings (SSSR count). The minimum atomic E-state index is -0.213. The van der Waals surface area contributed by atoms with Crippen LogP contribution in [-0.2, 0) is 38.1 Å². The van der Waals surface area contributed by atoms with Gasteiger partial charge in [0.25, 0.3) is 0 Å². The fraction of sp³-hybridized carbons (Fsp3) is 0.871. The van der Waals surface area contributed by atoms with E-state index >= 15 is 0 Å². The van der Waals surface area contributed by atoms with Crippen molar-refractivity contribution in [2.75, 3.05) is 26.4 Å². The number of unbranched alkanes of at least 4 members (excludes halogenated alkanes) is 9.